The number of nitrogens with zero attached hydrogens (tertiary/aromatic N) is 3. The molecule has 32 heavy (non-hydrogen) atoms. The summed E-state index contributed by atoms with van der Waals surface area (Å²) in [6.45, 7) is 3.45. The van der Waals surface area contributed by atoms with Crippen LogP contribution >= 0.6 is 11.8 Å². The molecular formula is C24H26N4O3S. The smallest absolute Gasteiger partial charge is 0.250 e. The van der Waals surface area contributed by atoms with Gasteiger partial charge in [0.15, 0.2) is 0 Å². The highest BCUT2D eigenvalue weighted by atomic mass is 32.2. The van der Waals surface area contributed by atoms with Crippen molar-refractivity contribution in [2.75, 3.05) is 50.2 Å². The number of ether oxygens (including phenoxy) is 2. The quantitative estimate of drug-likeness (QED) is 0.525. The molecule has 2 heterocycles. The first kappa shape index (κ1) is 22.3. The van der Waals surface area contributed by atoms with Gasteiger partial charge in [0.2, 0.25) is 5.91 Å². The zero-order valence-corrected chi connectivity index (χ0v) is 18.8. The van der Waals surface area contributed by atoms with E-state index in [9.17, 15) is 4.79 Å². The molecule has 1 saturated heterocycles. The molecule has 4 rings (SSSR count). The van der Waals surface area contributed by atoms with Crippen molar-refractivity contribution in [2.45, 2.75) is 16.3 Å². The van der Waals surface area contributed by atoms with Gasteiger partial charge in [0, 0.05) is 49.1 Å². The molecule has 3 aromatic rings. The van der Waals surface area contributed by atoms with E-state index < -0.39 is 0 Å². The number of rotatable bonds is 8. The minimum Gasteiger partial charge on any atom is -0.378 e. The Labute approximate surface area is 192 Å². The molecule has 0 saturated carbocycles. The van der Waals surface area contributed by atoms with Crippen molar-refractivity contribution >= 4 is 29.0 Å². The summed E-state index contributed by atoms with van der Waals surface area (Å²) in [6, 6.07) is 18.1. The molecule has 1 amide bonds. The fourth-order valence-corrected chi connectivity index (χ4v) is 4.29. The predicted molar refractivity (Wildman–Crippen MR) is 125 cm³/mol. The Balaban J connectivity index is 1.39. The molecule has 0 atom stereocenters. The fourth-order valence-electron chi connectivity index (χ4n) is 3.44. The largest absolute Gasteiger partial charge is 0.378 e. The second-order valence-electron chi connectivity index (χ2n) is 7.36. The van der Waals surface area contributed by atoms with Crippen molar-refractivity contribution in [2.24, 2.45) is 0 Å². The highest BCUT2D eigenvalue weighted by Gasteiger charge is 2.11. The molecule has 1 fully saturated rings. The number of carbonyl (C=O) groups is 1. The molecule has 1 aliphatic rings. The van der Waals surface area contributed by atoms with Crippen molar-refractivity contribution in [3.05, 3.63) is 72.2 Å². The normalized spacial score (nSPS) is 13.7. The van der Waals surface area contributed by atoms with E-state index in [4.69, 9.17) is 14.5 Å². The predicted octanol–water partition coefficient (Wildman–Crippen LogP) is 3.64. The van der Waals surface area contributed by atoms with E-state index in [-0.39, 0.29) is 12.5 Å². The van der Waals surface area contributed by atoms with Crippen molar-refractivity contribution < 1.29 is 14.3 Å². The monoisotopic (exact) mass is 450 g/mol. The molecule has 1 N–H and O–H groups in total. The van der Waals surface area contributed by atoms with E-state index in [2.05, 4.69) is 39.5 Å². The molecule has 1 aromatic heterocycles. The van der Waals surface area contributed by atoms with Crippen LogP contribution in [0.1, 0.15) is 11.4 Å². The van der Waals surface area contributed by atoms with Crippen LogP contribution in [0.5, 0.6) is 0 Å². The van der Waals surface area contributed by atoms with Gasteiger partial charge in [-0.2, -0.15) is 0 Å². The van der Waals surface area contributed by atoms with Crippen LogP contribution in [0.25, 0.3) is 0 Å². The Hall–Kier alpha value is -2.94. The summed E-state index contributed by atoms with van der Waals surface area (Å²) in [7, 11) is 1.50. The van der Waals surface area contributed by atoms with Gasteiger partial charge in [-0.1, -0.05) is 30.0 Å². The molecule has 8 heteroatoms. The van der Waals surface area contributed by atoms with Gasteiger partial charge >= 0.3 is 0 Å². The van der Waals surface area contributed by atoms with Crippen LogP contribution in [0.4, 0.5) is 11.4 Å². The third-order valence-electron chi connectivity index (χ3n) is 4.97. The van der Waals surface area contributed by atoms with Crippen LogP contribution in [0.15, 0.2) is 70.7 Å². The Bertz CT molecular complexity index is 1040. The van der Waals surface area contributed by atoms with Crippen molar-refractivity contribution in [1.29, 1.82) is 0 Å². The highest BCUT2D eigenvalue weighted by Crippen LogP contribution is 2.28. The molecule has 0 radical (unpaired) electrons. The number of amides is 1. The zero-order chi connectivity index (χ0) is 22.2. The van der Waals surface area contributed by atoms with Crippen LogP contribution in [0.3, 0.4) is 0 Å². The van der Waals surface area contributed by atoms with Crippen molar-refractivity contribution in [3.63, 3.8) is 0 Å². The van der Waals surface area contributed by atoms with E-state index in [1.54, 1.807) is 6.20 Å². The highest BCUT2D eigenvalue weighted by molar-refractivity contribution is 7.99. The van der Waals surface area contributed by atoms with Gasteiger partial charge in [-0.15, -0.1) is 0 Å². The first-order valence-electron chi connectivity index (χ1n) is 10.5. The topological polar surface area (TPSA) is 76.6 Å². The average Bonchev–Trinajstić information content (AvgIpc) is 2.81. The van der Waals surface area contributed by atoms with Crippen LogP contribution in [0, 0.1) is 0 Å². The number of nitrogens with one attached hydrogen (secondary N) is 1. The number of morpholine rings is 1. The number of hydrogen-bond donors (Lipinski definition) is 1. The van der Waals surface area contributed by atoms with Gasteiger partial charge < -0.3 is 19.7 Å². The lowest BCUT2D eigenvalue weighted by Crippen LogP contribution is -2.36. The number of anilines is 2. The number of methoxy groups -OCH3 is 1. The molecule has 0 bridgehead atoms. The van der Waals surface area contributed by atoms with Gasteiger partial charge in [0.1, 0.15) is 17.5 Å². The zero-order valence-electron chi connectivity index (χ0n) is 18.0. The van der Waals surface area contributed by atoms with Crippen molar-refractivity contribution in [1.82, 2.24) is 9.97 Å². The van der Waals surface area contributed by atoms with Crippen LogP contribution in [-0.2, 0) is 20.7 Å². The fraction of sp³-hybridized carbons (Fsp3) is 0.292. The number of aromatic nitrogens is 2. The van der Waals surface area contributed by atoms with E-state index in [0.29, 0.717) is 6.42 Å². The molecule has 0 unspecified atom stereocenters. The SMILES string of the molecule is COCC(=O)Nc1cccc(Sc2ccnc(Cc3ccc(N4CCOCC4)cc3)n2)c1. The Morgan fingerprint density at radius 2 is 1.97 bits per heavy atom. The summed E-state index contributed by atoms with van der Waals surface area (Å²) < 4.78 is 10.3. The molecule has 2 aromatic carbocycles. The third kappa shape index (κ3) is 6.29. The molecule has 1 aliphatic heterocycles. The average molecular weight is 451 g/mol. The molecule has 7 nitrogen and oxygen atoms in total. The van der Waals surface area contributed by atoms with Gasteiger partial charge in [-0.25, -0.2) is 9.97 Å². The van der Waals surface area contributed by atoms with Gasteiger partial charge in [-0.05, 0) is 42.0 Å². The first-order chi connectivity index (χ1) is 15.7. The van der Waals surface area contributed by atoms with E-state index >= 15 is 0 Å². The van der Waals surface area contributed by atoms with Gasteiger partial charge in [0.25, 0.3) is 0 Å². The minimum atomic E-state index is -0.182. The van der Waals surface area contributed by atoms with Crippen LogP contribution in [0.2, 0.25) is 0 Å². The number of hydrogen-bond acceptors (Lipinski definition) is 7. The summed E-state index contributed by atoms with van der Waals surface area (Å²) in [4.78, 5) is 24.2. The maximum atomic E-state index is 11.7. The standard InChI is InChI=1S/C24H26N4O3S/c1-30-17-23(29)26-19-3-2-4-21(16-19)32-24-9-10-25-22(27-24)15-18-5-7-20(8-6-18)28-11-13-31-14-12-28/h2-10,16H,11-15,17H2,1H3,(H,26,29). The summed E-state index contributed by atoms with van der Waals surface area (Å²) >= 11 is 1.54. The number of benzene rings is 2. The molecular weight excluding hydrogens is 424 g/mol. The lowest BCUT2D eigenvalue weighted by molar-refractivity contribution is -0.119. The van der Waals surface area contributed by atoms with E-state index in [0.717, 1.165) is 47.7 Å². The molecule has 0 spiro atoms. The van der Waals surface area contributed by atoms with E-state index in [1.807, 2.05) is 30.3 Å². The second kappa shape index (κ2) is 11.1. The number of carbonyl (C=O) groups excluding carboxylic acids is 1. The lowest BCUT2D eigenvalue weighted by atomic mass is 10.1. The summed E-state index contributed by atoms with van der Waals surface area (Å²) in [5.41, 5.74) is 3.12. The maximum absolute atomic E-state index is 11.7. The van der Waals surface area contributed by atoms with Gasteiger partial charge in [-0.3, -0.25) is 4.79 Å². The first-order valence-corrected chi connectivity index (χ1v) is 11.3. The summed E-state index contributed by atoms with van der Waals surface area (Å²) in [5, 5.41) is 3.68. The third-order valence-corrected chi connectivity index (χ3v) is 5.90. The van der Waals surface area contributed by atoms with E-state index in [1.165, 1.54) is 30.1 Å². The molecule has 0 aliphatic carbocycles. The maximum Gasteiger partial charge on any atom is 0.250 e. The Morgan fingerprint density at radius 1 is 1.16 bits per heavy atom. The van der Waals surface area contributed by atoms with Crippen LogP contribution < -0.4 is 10.2 Å². The van der Waals surface area contributed by atoms with Crippen molar-refractivity contribution in [3.8, 4) is 0 Å². The molecule has 166 valence electrons. The Kier molecular flexibility index (Phi) is 7.71. The summed E-state index contributed by atoms with van der Waals surface area (Å²) in [6.07, 6.45) is 2.46. The minimum absolute atomic E-state index is 0.0278. The van der Waals surface area contributed by atoms with Gasteiger partial charge in [0.05, 0.1) is 13.2 Å². The van der Waals surface area contributed by atoms with Crippen LogP contribution in [-0.4, -0.2) is 55.9 Å². The Morgan fingerprint density at radius 3 is 2.75 bits per heavy atom. The summed E-state index contributed by atoms with van der Waals surface area (Å²) in [5.74, 6) is 0.595. The lowest BCUT2D eigenvalue weighted by Gasteiger charge is -2.28. The second-order valence-corrected chi connectivity index (χ2v) is 8.46.